The van der Waals surface area contributed by atoms with Gasteiger partial charge in [0.05, 0.1) is 0 Å². The highest BCUT2D eigenvalue weighted by molar-refractivity contribution is 6.10. The number of benzene rings is 2. The third-order valence-electron chi connectivity index (χ3n) is 4.95. The second-order valence-corrected chi connectivity index (χ2v) is 7.13. The molecule has 2 N–H and O–H groups in total. The van der Waals surface area contributed by atoms with Crippen molar-refractivity contribution in [2.75, 3.05) is 11.9 Å². The third-order valence-corrected chi connectivity index (χ3v) is 4.95. The number of carbonyl (C=O) groups excluding carboxylic acids is 3. The van der Waals surface area contributed by atoms with Crippen molar-refractivity contribution in [2.45, 2.75) is 18.9 Å². The Balaban J connectivity index is 1.61. The summed E-state index contributed by atoms with van der Waals surface area (Å²) in [4.78, 5) is 39.5. The summed E-state index contributed by atoms with van der Waals surface area (Å²) < 4.78 is 4.91. The van der Waals surface area contributed by atoms with E-state index in [4.69, 9.17) is 4.52 Å². The quantitative estimate of drug-likeness (QED) is 0.615. The Morgan fingerprint density at radius 1 is 1.10 bits per heavy atom. The molecule has 1 aliphatic heterocycles. The Morgan fingerprint density at radius 2 is 1.77 bits per heavy atom. The van der Waals surface area contributed by atoms with Crippen LogP contribution in [0.3, 0.4) is 0 Å². The predicted molar refractivity (Wildman–Crippen MR) is 108 cm³/mol. The molecule has 2 heterocycles. The van der Waals surface area contributed by atoms with Crippen molar-refractivity contribution < 1.29 is 18.9 Å². The molecule has 1 aliphatic rings. The van der Waals surface area contributed by atoms with E-state index in [1.165, 1.54) is 0 Å². The minimum atomic E-state index is -1.29. The lowest BCUT2D eigenvalue weighted by atomic mass is 9.83. The molecule has 0 aliphatic carbocycles. The van der Waals surface area contributed by atoms with Crippen LogP contribution in [0, 0.1) is 6.92 Å². The predicted octanol–water partition coefficient (Wildman–Crippen LogP) is 2.61. The number of aromatic nitrogens is 1. The van der Waals surface area contributed by atoms with Crippen molar-refractivity contribution in [1.82, 2.24) is 15.4 Å². The van der Waals surface area contributed by atoms with Crippen molar-refractivity contribution >= 4 is 23.7 Å². The summed E-state index contributed by atoms with van der Waals surface area (Å²) in [7, 11) is 0. The second-order valence-electron chi connectivity index (χ2n) is 7.13. The number of hydrogen-bond acceptors (Lipinski definition) is 5. The van der Waals surface area contributed by atoms with Crippen LogP contribution in [-0.4, -0.2) is 34.4 Å². The van der Waals surface area contributed by atoms with Gasteiger partial charge in [-0.1, -0.05) is 65.8 Å². The van der Waals surface area contributed by atoms with Gasteiger partial charge < -0.3 is 15.2 Å². The first kappa shape index (κ1) is 19.4. The summed E-state index contributed by atoms with van der Waals surface area (Å²) in [5, 5.41) is 9.05. The number of urea groups is 1. The number of carbonyl (C=O) groups is 3. The first-order valence-corrected chi connectivity index (χ1v) is 9.45. The van der Waals surface area contributed by atoms with Gasteiger partial charge in [0, 0.05) is 12.5 Å². The zero-order chi connectivity index (χ0) is 21.1. The van der Waals surface area contributed by atoms with Gasteiger partial charge in [0.2, 0.25) is 5.91 Å². The summed E-state index contributed by atoms with van der Waals surface area (Å²) in [6.45, 7) is 1.26. The highest BCUT2D eigenvalue weighted by Crippen LogP contribution is 2.33. The maximum atomic E-state index is 13.5. The van der Waals surface area contributed by atoms with E-state index >= 15 is 0 Å². The van der Waals surface area contributed by atoms with Gasteiger partial charge in [-0.15, -0.1) is 0 Å². The zero-order valence-corrected chi connectivity index (χ0v) is 16.3. The number of nitrogens with one attached hydrogen (secondary N) is 2. The molecule has 8 nitrogen and oxygen atoms in total. The Kier molecular flexibility index (Phi) is 5.05. The summed E-state index contributed by atoms with van der Waals surface area (Å²) >= 11 is 0. The molecule has 1 saturated heterocycles. The largest absolute Gasteiger partial charge is 0.360 e. The lowest BCUT2D eigenvalue weighted by molar-refractivity contribution is -0.134. The number of nitrogens with zero attached hydrogens (tertiary/aromatic N) is 2. The van der Waals surface area contributed by atoms with Crippen LogP contribution in [0.15, 0.2) is 71.3 Å². The van der Waals surface area contributed by atoms with E-state index in [9.17, 15) is 14.4 Å². The van der Waals surface area contributed by atoms with Crippen LogP contribution in [0.2, 0.25) is 0 Å². The Hall–Kier alpha value is -3.94. The lowest BCUT2D eigenvalue weighted by Gasteiger charge is -2.27. The smallest absolute Gasteiger partial charge is 0.325 e. The van der Waals surface area contributed by atoms with Gasteiger partial charge in [-0.25, -0.2) is 4.79 Å². The molecule has 8 heteroatoms. The number of hydrogen-bond donors (Lipinski definition) is 2. The first-order chi connectivity index (χ1) is 14.5. The minimum absolute atomic E-state index is 0.225. The Morgan fingerprint density at radius 3 is 2.40 bits per heavy atom. The average Bonchev–Trinajstić information content (AvgIpc) is 3.25. The third kappa shape index (κ3) is 3.67. The van der Waals surface area contributed by atoms with Crippen LogP contribution in [0.4, 0.5) is 10.6 Å². The van der Waals surface area contributed by atoms with Gasteiger partial charge in [0.15, 0.2) is 11.4 Å². The van der Waals surface area contributed by atoms with Crippen molar-refractivity contribution in [2.24, 2.45) is 0 Å². The molecule has 1 aromatic heterocycles. The van der Waals surface area contributed by atoms with Crippen molar-refractivity contribution in [3.63, 3.8) is 0 Å². The van der Waals surface area contributed by atoms with E-state index in [0.717, 1.165) is 10.5 Å². The molecule has 152 valence electrons. The van der Waals surface area contributed by atoms with Crippen molar-refractivity contribution in [3.8, 4) is 0 Å². The van der Waals surface area contributed by atoms with Gasteiger partial charge in [-0.3, -0.25) is 14.5 Å². The molecule has 30 heavy (non-hydrogen) atoms. The van der Waals surface area contributed by atoms with E-state index in [1.807, 2.05) is 48.5 Å². The summed E-state index contributed by atoms with van der Waals surface area (Å²) in [5.74, 6) is -0.265. The minimum Gasteiger partial charge on any atom is -0.360 e. The molecular weight excluding hydrogens is 384 g/mol. The van der Waals surface area contributed by atoms with Gasteiger partial charge in [0.25, 0.3) is 5.91 Å². The lowest BCUT2D eigenvalue weighted by Crippen LogP contribution is -2.46. The fraction of sp³-hybridized carbons (Fsp3) is 0.182. The second kappa shape index (κ2) is 7.82. The molecule has 4 rings (SSSR count). The molecule has 2 aromatic carbocycles. The summed E-state index contributed by atoms with van der Waals surface area (Å²) in [5.41, 5.74) is 0.256. The van der Waals surface area contributed by atoms with Crippen LogP contribution >= 0.6 is 0 Å². The fourth-order valence-corrected chi connectivity index (χ4v) is 3.56. The van der Waals surface area contributed by atoms with Crippen molar-refractivity contribution in [3.05, 3.63) is 83.6 Å². The van der Waals surface area contributed by atoms with E-state index in [0.29, 0.717) is 11.3 Å². The number of amides is 4. The Labute approximate surface area is 172 Å². The highest BCUT2D eigenvalue weighted by Gasteiger charge is 2.52. The molecule has 0 bridgehead atoms. The number of rotatable bonds is 6. The monoisotopic (exact) mass is 404 g/mol. The van der Waals surface area contributed by atoms with E-state index in [2.05, 4.69) is 15.8 Å². The molecule has 1 atom stereocenters. The summed E-state index contributed by atoms with van der Waals surface area (Å²) in [6.07, 6.45) is 0.267. The normalized spacial score (nSPS) is 18.4. The number of imide groups is 1. The maximum Gasteiger partial charge on any atom is 0.325 e. The molecule has 3 aromatic rings. The maximum absolute atomic E-state index is 13.5. The standard InChI is InChI=1S/C22H20N4O4/c1-15-12-18(25-30-15)23-19(27)14-26-20(28)22(24-21(26)29,17-10-6-3-7-11-17)13-16-8-4-2-5-9-16/h2-12H,13-14H2,1H3,(H,24,29)(H,23,25,27). The van der Waals surface area contributed by atoms with Gasteiger partial charge in [0.1, 0.15) is 12.3 Å². The van der Waals surface area contributed by atoms with Gasteiger partial charge in [-0.2, -0.15) is 0 Å². The zero-order valence-electron chi connectivity index (χ0n) is 16.3. The summed E-state index contributed by atoms with van der Waals surface area (Å²) in [6, 6.07) is 19.4. The molecule has 0 spiro atoms. The van der Waals surface area contributed by atoms with Gasteiger partial charge in [-0.05, 0) is 18.1 Å². The molecule has 1 fully saturated rings. The molecular formula is C22H20N4O4. The van der Waals surface area contributed by atoms with E-state index in [-0.39, 0.29) is 12.2 Å². The van der Waals surface area contributed by atoms with Crippen LogP contribution in [0.25, 0.3) is 0 Å². The highest BCUT2D eigenvalue weighted by atomic mass is 16.5. The van der Waals surface area contributed by atoms with Crippen LogP contribution in [-0.2, 0) is 21.5 Å². The van der Waals surface area contributed by atoms with Crippen LogP contribution in [0.1, 0.15) is 16.9 Å². The first-order valence-electron chi connectivity index (χ1n) is 9.45. The fourth-order valence-electron chi connectivity index (χ4n) is 3.56. The van der Waals surface area contributed by atoms with Gasteiger partial charge >= 0.3 is 6.03 Å². The molecule has 0 saturated carbocycles. The van der Waals surface area contributed by atoms with E-state index < -0.39 is 29.9 Å². The van der Waals surface area contributed by atoms with Crippen LogP contribution in [0.5, 0.6) is 0 Å². The topological polar surface area (TPSA) is 105 Å². The Bertz CT molecular complexity index is 1080. The SMILES string of the molecule is Cc1cc(NC(=O)CN2C(=O)NC(Cc3ccccc3)(c3ccccc3)C2=O)no1. The van der Waals surface area contributed by atoms with Crippen molar-refractivity contribution in [1.29, 1.82) is 0 Å². The average molecular weight is 404 g/mol. The number of anilines is 1. The number of aryl methyl sites for hydroxylation is 1. The molecule has 1 unspecified atom stereocenters. The van der Waals surface area contributed by atoms with Crippen LogP contribution < -0.4 is 10.6 Å². The van der Waals surface area contributed by atoms with E-state index in [1.54, 1.807) is 25.1 Å². The molecule has 0 radical (unpaired) electrons. The molecule has 4 amide bonds.